The van der Waals surface area contributed by atoms with Gasteiger partial charge in [-0.2, -0.15) is 0 Å². The van der Waals surface area contributed by atoms with Crippen molar-refractivity contribution in [1.82, 2.24) is 4.57 Å². The topological polar surface area (TPSA) is 8.17 Å². The summed E-state index contributed by atoms with van der Waals surface area (Å²) < 4.78 is 2.38. The van der Waals surface area contributed by atoms with Gasteiger partial charge in [0.15, 0.2) is 0 Å². The Bertz CT molecular complexity index is 2680. The van der Waals surface area contributed by atoms with Crippen molar-refractivity contribution in [3.8, 4) is 16.8 Å². The summed E-state index contributed by atoms with van der Waals surface area (Å²) in [5, 5.41) is 5.00. The minimum absolute atomic E-state index is 0.0355. The molecule has 1 aromatic heterocycles. The predicted molar refractivity (Wildman–Crippen MR) is 215 cm³/mol. The summed E-state index contributed by atoms with van der Waals surface area (Å²) in [6.07, 6.45) is 7.34. The number of benzene rings is 7. The lowest BCUT2D eigenvalue weighted by atomic mass is 9.74. The number of hydrogen-bond donors (Lipinski definition) is 0. The highest BCUT2D eigenvalue weighted by Gasteiger charge is 2.45. The molecule has 2 nitrogen and oxygen atoms in total. The maximum Gasteiger partial charge on any atom is 0.0541 e. The maximum absolute atomic E-state index is 2.54. The molecule has 0 N–H and O–H groups in total. The van der Waals surface area contributed by atoms with Crippen LogP contribution in [0.1, 0.15) is 30.9 Å². The van der Waals surface area contributed by atoms with E-state index < -0.39 is 0 Å². The molecule has 0 saturated heterocycles. The zero-order valence-corrected chi connectivity index (χ0v) is 28.9. The third-order valence-corrected chi connectivity index (χ3v) is 11.5. The number of anilines is 2. The van der Waals surface area contributed by atoms with Gasteiger partial charge in [-0.15, -0.1) is 0 Å². The van der Waals surface area contributed by atoms with Crippen LogP contribution >= 0.6 is 0 Å². The standard InChI is InChI=1S/C49H38N2/c1-49(2)44-24-11-9-19-39(44)40-29-28-36(32-45(40)49)50(34-15-5-3-6-16-34)46-26-14-22-38-37(21-13-23-41(38)46)33-27-30-48-43(31-33)42-20-10-12-25-47(42)51(48)35-17-7-4-8-18-35/h3-32,40,45H,1-2H3. The number of rotatable bonds is 5. The Labute approximate surface area is 299 Å². The van der Waals surface area contributed by atoms with E-state index in [9.17, 15) is 0 Å². The normalized spacial score (nSPS) is 17.4. The van der Waals surface area contributed by atoms with Gasteiger partial charge in [-0.3, -0.25) is 0 Å². The second-order valence-electron chi connectivity index (χ2n) is 14.6. The first kappa shape index (κ1) is 29.8. The zero-order chi connectivity index (χ0) is 34.1. The molecule has 2 unspecified atom stereocenters. The molecule has 2 aliphatic rings. The summed E-state index contributed by atoms with van der Waals surface area (Å²) in [5.74, 6) is 0.760. The smallest absolute Gasteiger partial charge is 0.0541 e. The molecular formula is C49H38N2. The number of allylic oxidation sites excluding steroid dienone is 3. The summed E-state index contributed by atoms with van der Waals surface area (Å²) in [6, 6.07) is 59.9. The molecule has 7 aromatic carbocycles. The van der Waals surface area contributed by atoms with Gasteiger partial charge < -0.3 is 9.47 Å². The minimum atomic E-state index is 0.0355. The van der Waals surface area contributed by atoms with Gasteiger partial charge in [0.25, 0.3) is 0 Å². The summed E-state index contributed by atoms with van der Waals surface area (Å²) >= 11 is 0. The average molecular weight is 655 g/mol. The molecule has 0 saturated carbocycles. The number of fused-ring (bicyclic) bond motifs is 7. The first-order valence-electron chi connectivity index (χ1n) is 18.0. The third kappa shape index (κ3) is 4.56. The van der Waals surface area contributed by atoms with E-state index in [0.29, 0.717) is 11.8 Å². The van der Waals surface area contributed by atoms with E-state index in [1.54, 1.807) is 0 Å². The van der Waals surface area contributed by atoms with Crippen LogP contribution in [0.15, 0.2) is 188 Å². The zero-order valence-electron chi connectivity index (χ0n) is 28.9. The highest BCUT2D eigenvalue weighted by Crippen LogP contribution is 2.54. The highest BCUT2D eigenvalue weighted by molar-refractivity contribution is 6.12. The molecule has 51 heavy (non-hydrogen) atoms. The number of para-hydroxylation sites is 3. The van der Waals surface area contributed by atoms with Crippen molar-refractivity contribution in [2.75, 3.05) is 4.90 Å². The van der Waals surface area contributed by atoms with Gasteiger partial charge in [-0.1, -0.05) is 141 Å². The molecule has 10 rings (SSSR count). The molecule has 1 heterocycles. The Morgan fingerprint density at radius 1 is 0.569 bits per heavy atom. The van der Waals surface area contributed by atoms with Gasteiger partial charge in [0, 0.05) is 39.1 Å². The van der Waals surface area contributed by atoms with Gasteiger partial charge in [0.1, 0.15) is 0 Å². The number of hydrogen-bond acceptors (Lipinski definition) is 1. The second-order valence-corrected chi connectivity index (χ2v) is 14.6. The van der Waals surface area contributed by atoms with Gasteiger partial charge in [-0.25, -0.2) is 0 Å². The van der Waals surface area contributed by atoms with Crippen LogP contribution in [0.3, 0.4) is 0 Å². The SMILES string of the molecule is CC1(C)c2ccccc2C2C=CC(N(c3ccccc3)c3cccc4c(-c5ccc6c(c5)c5ccccc5n6-c5ccccc5)cccc34)=CC21. The monoisotopic (exact) mass is 654 g/mol. The Morgan fingerprint density at radius 3 is 2.12 bits per heavy atom. The average Bonchev–Trinajstić information content (AvgIpc) is 3.63. The molecule has 0 amide bonds. The van der Waals surface area contributed by atoms with Crippen molar-refractivity contribution >= 4 is 44.0 Å². The highest BCUT2D eigenvalue weighted by atomic mass is 15.1. The van der Waals surface area contributed by atoms with Crippen LogP contribution in [0.5, 0.6) is 0 Å². The van der Waals surface area contributed by atoms with Crippen LogP contribution in [0, 0.1) is 5.92 Å². The van der Waals surface area contributed by atoms with Crippen molar-refractivity contribution in [2.24, 2.45) is 5.92 Å². The lowest BCUT2D eigenvalue weighted by molar-refractivity contribution is 0.392. The molecule has 244 valence electrons. The quantitative estimate of drug-likeness (QED) is 0.179. The molecular weight excluding hydrogens is 617 g/mol. The van der Waals surface area contributed by atoms with Gasteiger partial charge >= 0.3 is 0 Å². The predicted octanol–water partition coefficient (Wildman–Crippen LogP) is 12.9. The molecule has 0 bridgehead atoms. The van der Waals surface area contributed by atoms with Crippen molar-refractivity contribution in [2.45, 2.75) is 25.2 Å². The van der Waals surface area contributed by atoms with E-state index in [1.165, 1.54) is 71.9 Å². The van der Waals surface area contributed by atoms with E-state index >= 15 is 0 Å². The lowest BCUT2D eigenvalue weighted by Crippen LogP contribution is -2.28. The Balaban J connectivity index is 1.13. The maximum atomic E-state index is 2.54. The van der Waals surface area contributed by atoms with Gasteiger partial charge in [0.05, 0.1) is 16.7 Å². The first-order valence-corrected chi connectivity index (χ1v) is 18.0. The summed E-state index contributed by atoms with van der Waals surface area (Å²) in [5.41, 5.74) is 12.6. The van der Waals surface area contributed by atoms with E-state index in [1.807, 2.05) is 0 Å². The molecule has 2 heteroatoms. The molecule has 0 radical (unpaired) electrons. The molecule has 0 spiro atoms. The van der Waals surface area contributed by atoms with E-state index in [2.05, 4.69) is 205 Å². The fourth-order valence-corrected chi connectivity index (χ4v) is 9.06. The summed E-state index contributed by atoms with van der Waals surface area (Å²) in [4.78, 5) is 2.47. The third-order valence-electron chi connectivity index (χ3n) is 11.5. The molecule has 2 atom stereocenters. The Kier molecular flexibility index (Phi) is 6.69. The van der Waals surface area contributed by atoms with Crippen molar-refractivity contribution in [1.29, 1.82) is 0 Å². The molecule has 2 aliphatic carbocycles. The van der Waals surface area contributed by atoms with Gasteiger partial charge in [0.2, 0.25) is 0 Å². The van der Waals surface area contributed by atoms with Crippen LogP contribution in [-0.4, -0.2) is 4.57 Å². The first-order chi connectivity index (χ1) is 25.1. The van der Waals surface area contributed by atoms with Crippen molar-refractivity contribution in [3.63, 3.8) is 0 Å². The summed E-state index contributed by atoms with van der Waals surface area (Å²) in [6.45, 7) is 4.82. The van der Waals surface area contributed by atoms with Gasteiger partial charge in [-0.05, 0) is 93.6 Å². The van der Waals surface area contributed by atoms with Crippen LogP contribution in [-0.2, 0) is 5.41 Å². The minimum Gasteiger partial charge on any atom is -0.310 e. The van der Waals surface area contributed by atoms with Crippen LogP contribution in [0.4, 0.5) is 11.4 Å². The summed E-state index contributed by atoms with van der Waals surface area (Å²) in [7, 11) is 0. The van der Waals surface area contributed by atoms with Crippen LogP contribution in [0.2, 0.25) is 0 Å². The lowest BCUT2D eigenvalue weighted by Gasteiger charge is -2.35. The fourth-order valence-electron chi connectivity index (χ4n) is 9.06. The molecule has 8 aromatic rings. The number of nitrogens with zero attached hydrogens (tertiary/aromatic N) is 2. The van der Waals surface area contributed by atoms with Crippen LogP contribution in [0.25, 0.3) is 49.4 Å². The number of aromatic nitrogens is 1. The Morgan fingerprint density at radius 2 is 1.25 bits per heavy atom. The largest absolute Gasteiger partial charge is 0.310 e. The van der Waals surface area contributed by atoms with E-state index in [4.69, 9.17) is 0 Å². The van der Waals surface area contributed by atoms with Crippen molar-refractivity contribution < 1.29 is 0 Å². The second kappa shape index (κ2) is 11.5. The Hall–Kier alpha value is -6.12. The fraction of sp³-hybridized carbons (Fsp3) is 0.102. The van der Waals surface area contributed by atoms with Crippen molar-refractivity contribution in [3.05, 3.63) is 199 Å². The van der Waals surface area contributed by atoms with E-state index in [-0.39, 0.29) is 5.41 Å². The molecule has 0 aliphatic heterocycles. The molecule has 0 fully saturated rings. The van der Waals surface area contributed by atoms with Crippen LogP contribution < -0.4 is 4.90 Å². The van der Waals surface area contributed by atoms with E-state index in [0.717, 1.165) is 5.69 Å².